The fourth-order valence-corrected chi connectivity index (χ4v) is 4.42. The highest BCUT2D eigenvalue weighted by molar-refractivity contribution is 6.31. The van der Waals surface area contributed by atoms with Gasteiger partial charge in [0.25, 0.3) is 5.91 Å². The summed E-state index contributed by atoms with van der Waals surface area (Å²) in [5.74, 6) is -2.16. The van der Waals surface area contributed by atoms with E-state index in [0.717, 1.165) is 17.0 Å². The topological polar surface area (TPSA) is 49.9 Å². The number of benzene rings is 3. The summed E-state index contributed by atoms with van der Waals surface area (Å²) in [7, 11) is 0. The number of hydrogen-bond donors (Lipinski definition) is 0. The van der Waals surface area contributed by atoms with Gasteiger partial charge in [-0.2, -0.15) is 13.2 Å². The van der Waals surface area contributed by atoms with Crippen molar-refractivity contribution in [2.75, 3.05) is 9.96 Å². The molecule has 0 aliphatic carbocycles. The zero-order chi connectivity index (χ0) is 23.3. The number of rotatable bonds is 3. The molecule has 2 aliphatic heterocycles. The summed E-state index contributed by atoms with van der Waals surface area (Å²) >= 11 is 5.92. The van der Waals surface area contributed by atoms with Crippen molar-refractivity contribution in [1.29, 1.82) is 0 Å². The van der Waals surface area contributed by atoms with Crippen LogP contribution in [0.3, 0.4) is 0 Å². The van der Waals surface area contributed by atoms with Gasteiger partial charge in [0, 0.05) is 5.02 Å². The average Bonchev–Trinajstić information content (AvgIpc) is 3.31. The Labute approximate surface area is 191 Å². The molecule has 2 heterocycles. The minimum atomic E-state index is -4.56. The summed E-state index contributed by atoms with van der Waals surface area (Å²) < 4.78 is 40.2. The molecule has 5 nitrogen and oxygen atoms in total. The highest BCUT2D eigenvalue weighted by Gasteiger charge is 2.60. The first-order valence-electron chi connectivity index (χ1n) is 10.1. The minimum Gasteiger partial charge on any atom is -0.273 e. The Balaban J connectivity index is 1.60. The lowest BCUT2D eigenvalue weighted by Gasteiger charge is -2.29. The number of nitrogens with zero attached hydrogens (tertiary/aromatic N) is 2. The molecule has 0 unspecified atom stereocenters. The van der Waals surface area contributed by atoms with Gasteiger partial charge in [-0.25, -0.2) is 9.96 Å². The Morgan fingerprint density at radius 2 is 1.52 bits per heavy atom. The van der Waals surface area contributed by atoms with E-state index in [9.17, 15) is 22.8 Å². The van der Waals surface area contributed by atoms with Gasteiger partial charge in [0.05, 0.1) is 23.0 Å². The maximum atomic E-state index is 13.5. The second-order valence-corrected chi connectivity index (χ2v) is 8.21. The summed E-state index contributed by atoms with van der Waals surface area (Å²) in [4.78, 5) is 33.6. The lowest BCUT2D eigenvalue weighted by Crippen LogP contribution is -2.37. The first-order chi connectivity index (χ1) is 15.8. The molecule has 168 valence electrons. The SMILES string of the molecule is O=C1[C@H]2[C@@H](c3cccc(C(F)(F)F)c3)N(c3ccccc3)O[C@H]2C(=O)N1c1ccc(Cl)cc1. The highest BCUT2D eigenvalue weighted by atomic mass is 35.5. The van der Waals surface area contributed by atoms with Gasteiger partial charge in [-0.15, -0.1) is 0 Å². The Morgan fingerprint density at radius 1 is 0.818 bits per heavy atom. The Hall–Kier alpha value is -3.36. The Morgan fingerprint density at radius 3 is 2.18 bits per heavy atom. The molecular weight excluding hydrogens is 457 g/mol. The minimum absolute atomic E-state index is 0.222. The summed E-state index contributed by atoms with van der Waals surface area (Å²) in [6.07, 6.45) is -5.73. The molecule has 0 aromatic heterocycles. The molecular formula is C24H16ClF3N2O3. The van der Waals surface area contributed by atoms with E-state index in [0.29, 0.717) is 16.4 Å². The van der Waals surface area contributed by atoms with Gasteiger partial charge >= 0.3 is 6.18 Å². The summed E-state index contributed by atoms with van der Waals surface area (Å²) in [5, 5.41) is 1.80. The quantitative estimate of drug-likeness (QED) is 0.478. The predicted octanol–water partition coefficient (Wildman–Crippen LogP) is 5.41. The molecule has 2 amide bonds. The van der Waals surface area contributed by atoms with Crippen LogP contribution < -0.4 is 9.96 Å². The van der Waals surface area contributed by atoms with Crippen LogP contribution in [0.15, 0.2) is 78.9 Å². The maximum absolute atomic E-state index is 13.5. The van der Waals surface area contributed by atoms with Crippen molar-refractivity contribution in [3.8, 4) is 0 Å². The number of para-hydroxylation sites is 1. The van der Waals surface area contributed by atoms with E-state index >= 15 is 0 Å². The number of hydroxylamine groups is 1. The molecule has 0 saturated carbocycles. The molecule has 2 saturated heterocycles. The zero-order valence-corrected chi connectivity index (χ0v) is 17.6. The normalized spacial score (nSPS) is 22.7. The van der Waals surface area contributed by atoms with Crippen LogP contribution in [-0.4, -0.2) is 17.9 Å². The molecule has 0 radical (unpaired) electrons. The fraction of sp³-hybridized carbons (Fsp3) is 0.167. The molecule has 2 fully saturated rings. The molecule has 3 aromatic rings. The van der Waals surface area contributed by atoms with Crippen molar-refractivity contribution < 1.29 is 27.6 Å². The zero-order valence-electron chi connectivity index (χ0n) is 16.9. The largest absolute Gasteiger partial charge is 0.416 e. The summed E-state index contributed by atoms with van der Waals surface area (Å²) in [5.41, 5.74) is 0.220. The van der Waals surface area contributed by atoms with Gasteiger partial charge in [0.15, 0.2) is 6.10 Å². The van der Waals surface area contributed by atoms with Crippen molar-refractivity contribution in [2.45, 2.75) is 18.3 Å². The van der Waals surface area contributed by atoms with Gasteiger partial charge in [-0.3, -0.25) is 14.4 Å². The van der Waals surface area contributed by atoms with E-state index in [2.05, 4.69) is 0 Å². The number of fused-ring (bicyclic) bond motifs is 1. The smallest absolute Gasteiger partial charge is 0.273 e. The third kappa shape index (κ3) is 3.65. The van der Waals surface area contributed by atoms with Crippen LogP contribution in [0.25, 0.3) is 0 Å². The number of anilines is 2. The van der Waals surface area contributed by atoms with Gasteiger partial charge < -0.3 is 0 Å². The van der Waals surface area contributed by atoms with E-state index < -0.39 is 41.6 Å². The number of alkyl halides is 3. The number of carbonyl (C=O) groups excluding carboxylic acids is 2. The molecule has 5 rings (SSSR count). The van der Waals surface area contributed by atoms with Gasteiger partial charge in [-0.05, 0) is 54.1 Å². The van der Waals surface area contributed by atoms with Crippen LogP contribution in [-0.2, 0) is 20.6 Å². The number of amides is 2. The standard InChI is InChI=1S/C24H16ClF3N2O3/c25-16-9-11-17(12-10-16)29-22(31)19-20(14-5-4-6-15(13-14)24(26,27)28)30(33-21(19)23(29)32)18-7-2-1-3-8-18/h1-13,19-21H/t19-,20+,21+/m0/s1. The number of imide groups is 1. The third-order valence-electron chi connectivity index (χ3n) is 5.77. The molecule has 3 atom stereocenters. The van der Waals surface area contributed by atoms with Crippen LogP contribution in [0.2, 0.25) is 5.02 Å². The van der Waals surface area contributed by atoms with Crippen molar-refractivity contribution >= 4 is 34.8 Å². The van der Waals surface area contributed by atoms with E-state index in [1.807, 2.05) is 0 Å². The lowest BCUT2D eigenvalue weighted by molar-refractivity contribution is -0.137. The number of halogens is 4. The van der Waals surface area contributed by atoms with Crippen molar-refractivity contribution in [1.82, 2.24) is 0 Å². The van der Waals surface area contributed by atoms with E-state index in [1.54, 1.807) is 42.5 Å². The molecule has 0 spiro atoms. The summed E-state index contributed by atoms with van der Waals surface area (Å²) in [6, 6.07) is 18.6. The maximum Gasteiger partial charge on any atom is 0.416 e. The molecule has 33 heavy (non-hydrogen) atoms. The van der Waals surface area contributed by atoms with Crippen molar-refractivity contribution in [2.24, 2.45) is 5.92 Å². The van der Waals surface area contributed by atoms with Gasteiger partial charge in [-0.1, -0.05) is 41.9 Å². The number of hydrogen-bond acceptors (Lipinski definition) is 4. The van der Waals surface area contributed by atoms with Crippen LogP contribution in [0, 0.1) is 5.92 Å². The lowest BCUT2D eigenvalue weighted by atomic mass is 9.89. The Bertz CT molecular complexity index is 1220. The monoisotopic (exact) mass is 472 g/mol. The molecule has 2 aliphatic rings. The van der Waals surface area contributed by atoms with Crippen LogP contribution in [0.1, 0.15) is 17.2 Å². The van der Waals surface area contributed by atoms with Crippen LogP contribution in [0.5, 0.6) is 0 Å². The second-order valence-electron chi connectivity index (χ2n) is 7.77. The van der Waals surface area contributed by atoms with Crippen molar-refractivity contribution in [3.05, 3.63) is 95.0 Å². The van der Waals surface area contributed by atoms with Crippen LogP contribution >= 0.6 is 11.6 Å². The first kappa shape index (κ1) is 21.5. The predicted molar refractivity (Wildman–Crippen MR) is 115 cm³/mol. The first-order valence-corrected chi connectivity index (χ1v) is 10.4. The van der Waals surface area contributed by atoms with Crippen LogP contribution in [0.4, 0.5) is 24.5 Å². The third-order valence-corrected chi connectivity index (χ3v) is 6.02. The highest BCUT2D eigenvalue weighted by Crippen LogP contribution is 2.48. The fourth-order valence-electron chi connectivity index (χ4n) is 4.30. The van der Waals surface area contributed by atoms with E-state index in [-0.39, 0.29) is 5.56 Å². The average molecular weight is 473 g/mol. The molecule has 3 aromatic carbocycles. The van der Waals surface area contributed by atoms with E-state index in [1.165, 1.54) is 29.3 Å². The molecule has 0 N–H and O–H groups in total. The Kier molecular flexibility index (Phi) is 5.14. The molecule has 0 bridgehead atoms. The number of carbonyl (C=O) groups is 2. The second kappa shape index (κ2) is 7.90. The summed E-state index contributed by atoms with van der Waals surface area (Å²) in [6.45, 7) is 0. The van der Waals surface area contributed by atoms with Gasteiger partial charge in [0.1, 0.15) is 5.92 Å². The molecule has 9 heteroatoms. The van der Waals surface area contributed by atoms with Gasteiger partial charge in [0.2, 0.25) is 5.91 Å². The van der Waals surface area contributed by atoms with E-state index in [4.69, 9.17) is 16.4 Å². The van der Waals surface area contributed by atoms with Crippen molar-refractivity contribution in [3.63, 3.8) is 0 Å².